The number of nitrogens with one attached hydrogen (secondary N) is 1. The molecule has 2 atom stereocenters. The molecule has 1 aromatic heterocycles. The molecular formula is C12H19N3O3. The highest BCUT2D eigenvalue weighted by molar-refractivity contribution is 5.95. The number of amides is 1. The summed E-state index contributed by atoms with van der Waals surface area (Å²) in [6.45, 7) is 4.81. The SMILES string of the molecule is CCc1cc(C(=O)N[C@H](CO)[C@@H](C)O)c(C)nn1. The fourth-order valence-electron chi connectivity index (χ4n) is 1.46. The van der Waals surface area contributed by atoms with E-state index in [4.69, 9.17) is 5.11 Å². The van der Waals surface area contributed by atoms with E-state index < -0.39 is 12.1 Å². The Balaban J connectivity index is 2.89. The number of carbonyl (C=O) groups is 1. The van der Waals surface area contributed by atoms with Crippen molar-refractivity contribution in [1.29, 1.82) is 0 Å². The van der Waals surface area contributed by atoms with Crippen LogP contribution in [-0.2, 0) is 6.42 Å². The fraction of sp³-hybridized carbons (Fsp3) is 0.583. The van der Waals surface area contributed by atoms with Crippen LogP contribution in [-0.4, -0.2) is 45.1 Å². The van der Waals surface area contributed by atoms with Crippen LogP contribution in [0.3, 0.4) is 0 Å². The average molecular weight is 253 g/mol. The normalized spacial score (nSPS) is 14.1. The summed E-state index contributed by atoms with van der Waals surface area (Å²) >= 11 is 0. The van der Waals surface area contributed by atoms with Gasteiger partial charge in [-0.3, -0.25) is 4.79 Å². The lowest BCUT2D eigenvalue weighted by molar-refractivity contribution is 0.0757. The van der Waals surface area contributed by atoms with Crippen molar-refractivity contribution in [3.05, 3.63) is 23.0 Å². The molecule has 1 rings (SSSR count). The maximum absolute atomic E-state index is 12.0. The van der Waals surface area contributed by atoms with Gasteiger partial charge in [0.25, 0.3) is 5.91 Å². The number of aliphatic hydroxyl groups is 2. The van der Waals surface area contributed by atoms with Crippen LogP contribution in [0.1, 0.15) is 35.6 Å². The third-order valence-electron chi connectivity index (χ3n) is 2.73. The highest BCUT2D eigenvalue weighted by atomic mass is 16.3. The van der Waals surface area contributed by atoms with Gasteiger partial charge in [-0.2, -0.15) is 10.2 Å². The molecule has 1 heterocycles. The van der Waals surface area contributed by atoms with Crippen LogP contribution >= 0.6 is 0 Å². The van der Waals surface area contributed by atoms with Gasteiger partial charge < -0.3 is 15.5 Å². The van der Waals surface area contributed by atoms with Gasteiger partial charge in [-0.25, -0.2) is 0 Å². The quantitative estimate of drug-likeness (QED) is 0.676. The molecule has 0 fully saturated rings. The standard InChI is InChI=1S/C12H19N3O3/c1-4-9-5-10(7(2)14-15-9)12(18)13-11(6-16)8(3)17/h5,8,11,16-17H,4,6H2,1-3H3,(H,13,18)/t8-,11-/m1/s1. The molecule has 0 saturated carbocycles. The highest BCUT2D eigenvalue weighted by Crippen LogP contribution is 2.07. The van der Waals surface area contributed by atoms with Gasteiger partial charge in [-0.15, -0.1) is 0 Å². The van der Waals surface area contributed by atoms with Crippen LogP contribution in [0.5, 0.6) is 0 Å². The second kappa shape index (κ2) is 6.42. The molecular weight excluding hydrogens is 234 g/mol. The maximum atomic E-state index is 12.0. The van der Waals surface area contributed by atoms with E-state index in [1.54, 1.807) is 13.0 Å². The molecule has 0 unspecified atom stereocenters. The third kappa shape index (κ3) is 3.48. The van der Waals surface area contributed by atoms with E-state index in [0.29, 0.717) is 17.7 Å². The van der Waals surface area contributed by atoms with Gasteiger partial charge in [0, 0.05) is 0 Å². The number of aryl methyl sites for hydroxylation is 2. The minimum absolute atomic E-state index is 0.318. The van der Waals surface area contributed by atoms with Crippen LogP contribution in [0.2, 0.25) is 0 Å². The summed E-state index contributed by atoms with van der Waals surface area (Å²) in [4.78, 5) is 12.0. The molecule has 6 heteroatoms. The first kappa shape index (κ1) is 14.5. The largest absolute Gasteiger partial charge is 0.394 e. The lowest BCUT2D eigenvalue weighted by Crippen LogP contribution is -2.44. The summed E-state index contributed by atoms with van der Waals surface area (Å²) < 4.78 is 0. The summed E-state index contributed by atoms with van der Waals surface area (Å²) in [7, 11) is 0. The first-order valence-electron chi connectivity index (χ1n) is 5.92. The van der Waals surface area contributed by atoms with E-state index in [1.807, 2.05) is 6.92 Å². The van der Waals surface area contributed by atoms with Crippen molar-refractivity contribution in [2.24, 2.45) is 0 Å². The molecule has 6 nitrogen and oxygen atoms in total. The first-order chi connectivity index (χ1) is 8.49. The maximum Gasteiger partial charge on any atom is 0.253 e. The van der Waals surface area contributed by atoms with E-state index in [2.05, 4.69) is 15.5 Å². The Morgan fingerprint density at radius 1 is 1.50 bits per heavy atom. The zero-order valence-corrected chi connectivity index (χ0v) is 10.8. The number of aliphatic hydroxyl groups excluding tert-OH is 2. The monoisotopic (exact) mass is 253 g/mol. The minimum atomic E-state index is -0.820. The molecule has 0 aromatic carbocycles. The Bertz CT molecular complexity index is 421. The predicted molar refractivity (Wildman–Crippen MR) is 66.2 cm³/mol. The van der Waals surface area contributed by atoms with Gasteiger partial charge in [0.2, 0.25) is 0 Å². The Morgan fingerprint density at radius 2 is 2.17 bits per heavy atom. The number of aromatic nitrogens is 2. The molecule has 0 bridgehead atoms. The predicted octanol–water partition coefficient (Wildman–Crippen LogP) is -0.181. The highest BCUT2D eigenvalue weighted by Gasteiger charge is 2.19. The van der Waals surface area contributed by atoms with E-state index >= 15 is 0 Å². The van der Waals surface area contributed by atoms with Gasteiger partial charge >= 0.3 is 0 Å². The molecule has 18 heavy (non-hydrogen) atoms. The third-order valence-corrected chi connectivity index (χ3v) is 2.73. The van der Waals surface area contributed by atoms with Crippen molar-refractivity contribution in [3.63, 3.8) is 0 Å². The van der Waals surface area contributed by atoms with E-state index in [-0.39, 0.29) is 12.5 Å². The topological polar surface area (TPSA) is 95.3 Å². The van der Waals surface area contributed by atoms with Gasteiger partial charge in [0.1, 0.15) is 0 Å². The minimum Gasteiger partial charge on any atom is -0.394 e. The van der Waals surface area contributed by atoms with Crippen LogP contribution in [0.4, 0.5) is 0 Å². The second-order valence-corrected chi connectivity index (χ2v) is 4.19. The number of hydrogen-bond donors (Lipinski definition) is 3. The van der Waals surface area contributed by atoms with E-state index in [1.165, 1.54) is 6.92 Å². The van der Waals surface area contributed by atoms with Crippen LogP contribution < -0.4 is 5.32 Å². The molecule has 100 valence electrons. The van der Waals surface area contributed by atoms with Crippen LogP contribution in [0, 0.1) is 6.92 Å². The smallest absolute Gasteiger partial charge is 0.253 e. The molecule has 0 aliphatic rings. The Hall–Kier alpha value is -1.53. The molecule has 0 spiro atoms. The summed E-state index contributed by atoms with van der Waals surface area (Å²) in [5.41, 5.74) is 1.66. The number of hydrogen-bond acceptors (Lipinski definition) is 5. The summed E-state index contributed by atoms with van der Waals surface area (Å²) in [6, 6.07) is 0.990. The zero-order chi connectivity index (χ0) is 13.7. The van der Waals surface area contributed by atoms with Crippen LogP contribution in [0.25, 0.3) is 0 Å². The molecule has 0 aliphatic carbocycles. The lowest BCUT2D eigenvalue weighted by atomic mass is 10.1. The van der Waals surface area contributed by atoms with Crippen molar-refractivity contribution < 1.29 is 15.0 Å². The van der Waals surface area contributed by atoms with Crippen molar-refractivity contribution in [2.45, 2.75) is 39.3 Å². The second-order valence-electron chi connectivity index (χ2n) is 4.19. The van der Waals surface area contributed by atoms with Gasteiger partial charge in [-0.1, -0.05) is 6.92 Å². The summed E-state index contributed by atoms with van der Waals surface area (Å²) in [6.07, 6.45) is -0.132. The Labute approximate surface area is 106 Å². The molecule has 3 N–H and O–H groups in total. The van der Waals surface area contributed by atoms with Crippen molar-refractivity contribution in [3.8, 4) is 0 Å². The number of carbonyl (C=O) groups excluding carboxylic acids is 1. The molecule has 0 saturated heterocycles. The molecule has 1 amide bonds. The first-order valence-corrected chi connectivity index (χ1v) is 5.92. The van der Waals surface area contributed by atoms with Crippen LogP contribution in [0.15, 0.2) is 6.07 Å². The molecule has 0 aliphatic heterocycles. The van der Waals surface area contributed by atoms with Gasteiger partial charge in [-0.05, 0) is 26.3 Å². The van der Waals surface area contributed by atoms with Crippen molar-refractivity contribution >= 4 is 5.91 Å². The fourth-order valence-corrected chi connectivity index (χ4v) is 1.46. The summed E-state index contributed by atoms with van der Waals surface area (Å²) in [5, 5.41) is 28.9. The summed E-state index contributed by atoms with van der Waals surface area (Å²) in [5.74, 6) is -0.364. The average Bonchev–Trinajstić information content (AvgIpc) is 2.35. The van der Waals surface area contributed by atoms with Gasteiger partial charge in [0.15, 0.2) is 0 Å². The lowest BCUT2D eigenvalue weighted by Gasteiger charge is -2.19. The zero-order valence-electron chi connectivity index (χ0n) is 10.8. The number of nitrogens with zero attached hydrogens (tertiary/aromatic N) is 2. The molecule has 1 aromatic rings. The Morgan fingerprint density at radius 3 is 2.67 bits per heavy atom. The van der Waals surface area contributed by atoms with E-state index in [9.17, 15) is 9.90 Å². The van der Waals surface area contributed by atoms with Crippen molar-refractivity contribution in [1.82, 2.24) is 15.5 Å². The number of rotatable bonds is 5. The van der Waals surface area contributed by atoms with Crippen molar-refractivity contribution in [2.75, 3.05) is 6.61 Å². The Kier molecular flexibility index (Phi) is 5.18. The van der Waals surface area contributed by atoms with E-state index in [0.717, 1.165) is 5.69 Å². The molecule has 0 radical (unpaired) electrons. The van der Waals surface area contributed by atoms with Gasteiger partial charge in [0.05, 0.1) is 35.7 Å².